The molecule has 8 heteroatoms. The van der Waals surface area contributed by atoms with Crippen LogP contribution in [0.25, 0.3) is 11.4 Å². The Morgan fingerprint density at radius 3 is 2.88 bits per heavy atom. The maximum atomic E-state index is 10.8. The summed E-state index contributed by atoms with van der Waals surface area (Å²) in [6.07, 6.45) is 2.64. The second kappa shape index (κ2) is 8.62. The van der Waals surface area contributed by atoms with E-state index < -0.39 is 5.97 Å². The molecule has 7 nitrogen and oxygen atoms in total. The fourth-order valence-corrected chi connectivity index (χ4v) is 3.47. The van der Waals surface area contributed by atoms with Gasteiger partial charge in [0, 0.05) is 29.6 Å². The van der Waals surface area contributed by atoms with Gasteiger partial charge in [-0.2, -0.15) is 4.98 Å². The fraction of sp³-hybridized carbons (Fsp3) is 0.500. The number of nitrogens with zero attached hydrogens (tertiary/aromatic N) is 4. The Morgan fingerprint density at radius 1 is 1.42 bits per heavy atom. The van der Waals surface area contributed by atoms with Gasteiger partial charge in [0.25, 0.3) is 0 Å². The summed E-state index contributed by atoms with van der Waals surface area (Å²) in [5, 5.41) is 13.6. The number of halogens is 1. The predicted octanol–water partition coefficient (Wildman–Crippen LogP) is 2.41. The summed E-state index contributed by atoms with van der Waals surface area (Å²) in [7, 11) is 1.88. The molecule has 1 aromatic heterocycles. The molecule has 1 fully saturated rings. The fourth-order valence-electron chi connectivity index (χ4n) is 3.28. The quantitative estimate of drug-likeness (QED) is 0.792. The Labute approximate surface area is 157 Å². The van der Waals surface area contributed by atoms with Gasteiger partial charge in [-0.15, -0.1) is 0 Å². The highest BCUT2D eigenvalue weighted by atomic mass is 35.5. The third kappa shape index (κ3) is 5.03. The number of hydrogen-bond donors (Lipinski definition) is 1. The van der Waals surface area contributed by atoms with Crippen LogP contribution in [0.2, 0.25) is 5.02 Å². The summed E-state index contributed by atoms with van der Waals surface area (Å²) in [6, 6.07) is 7.72. The van der Waals surface area contributed by atoms with Crippen molar-refractivity contribution in [2.45, 2.75) is 25.3 Å². The van der Waals surface area contributed by atoms with Crippen molar-refractivity contribution in [3.63, 3.8) is 0 Å². The molecule has 0 bridgehead atoms. The van der Waals surface area contributed by atoms with E-state index in [1.807, 2.05) is 36.2 Å². The molecule has 1 saturated heterocycles. The topological polar surface area (TPSA) is 82.7 Å². The van der Waals surface area contributed by atoms with Crippen molar-refractivity contribution in [2.75, 3.05) is 33.2 Å². The molecule has 2 heterocycles. The van der Waals surface area contributed by atoms with Crippen LogP contribution in [-0.2, 0) is 11.2 Å². The third-order valence-electron chi connectivity index (χ3n) is 4.76. The van der Waals surface area contributed by atoms with E-state index in [9.17, 15) is 4.79 Å². The van der Waals surface area contributed by atoms with Gasteiger partial charge in [0.1, 0.15) is 0 Å². The molecule has 0 spiro atoms. The average molecular weight is 379 g/mol. The highest BCUT2D eigenvalue weighted by Crippen LogP contribution is 2.20. The largest absolute Gasteiger partial charge is 0.480 e. The van der Waals surface area contributed by atoms with Crippen LogP contribution in [0.15, 0.2) is 28.8 Å². The first-order valence-electron chi connectivity index (χ1n) is 8.74. The molecule has 26 heavy (non-hydrogen) atoms. The molecule has 0 saturated carbocycles. The zero-order valence-electron chi connectivity index (χ0n) is 14.8. The molecule has 0 radical (unpaired) electrons. The van der Waals surface area contributed by atoms with E-state index in [0.717, 1.165) is 38.0 Å². The van der Waals surface area contributed by atoms with E-state index in [-0.39, 0.29) is 6.54 Å². The lowest BCUT2D eigenvalue weighted by molar-refractivity contribution is -0.138. The number of piperidine rings is 1. The van der Waals surface area contributed by atoms with Crippen LogP contribution in [0.3, 0.4) is 0 Å². The second-order valence-electron chi connectivity index (χ2n) is 6.65. The van der Waals surface area contributed by atoms with E-state index in [2.05, 4.69) is 15.0 Å². The zero-order chi connectivity index (χ0) is 18.5. The Balaban J connectivity index is 1.46. The van der Waals surface area contributed by atoms with Crippen LogP contribution in [-0.4, -0.2) is 70.3 Å². The van der Waals surface area contributed by atoms with Gasteiger partial charge in [0.15, 0.2) is 0 Å². The highest BCUT2D eigenvalue weighted by Gasteiger charge is 2.23. The molecule has 3 rings (SSSR count). The Bertz CT molecular complexity index is 744. The smallest absolute Gasteiger partial charge is 0.317 e. The lowest BCUT2D eigenvalue weighted by Gasteiger charge is -2.35. The SMILES string of the molecule is CN(CC(=O)O)C1CCN(CCc2nc(-c3cccc(Cl)c3)no2)CC1. The lowest BCUT2D eigenvalue weighted by atomic mass is 10.0. The van der Waals surface area contributed by atoms with E-state index in [1.165, 1.54) is 0 Å². The summed E-state index contributed by atoms with van der Waals surface area (Å²) in [4.78, 5) is 19.5. The number of benzene rings is 1. The van der Waals surface area contributed by atoms with Crippen molar-refractivity contribution in [1.29, 1.82) is 0 Å². The molecule has 2 aromatic rings. The van der Waals surface area contributed by atoms with Gasteiger partial charge in [-0.1, -0.05) is 28.9 Å². The minimum atomic E-state index is -0.776. The Kier molecular flexibility index (Phi) is 6.24. The standard InChI is InChI=1S/C18H23ClN4O3/c1-22(12-17(24)25)15-5-8-23(9-6-15)10-7-16-20-18(21-26-16)13-3-2-4-14(19)11-13/h2-4,11,15H,5-10,12H2,1H3,(H,24,25). The number of likely N-dealkylation sites (tertiary alicyclic amines) is 1. The summed E-state index contributed by atoms with van der Waals surface area (Å²) in [5.74, 6) is 0.392. The molecule has 1 aromatic carbocycles. The number of aliphatic carboxylic acids is 1. The molecule has 0 atom stereocenters. The van der Waals surface area contributed by atoms with Crippen LogP contribution in [0.1, 0.15) is 18.7 Å². The highest BCUT2D eigenvalue weighted by molar-refractivity contribution is 6.30. The first-order valence-corrected chi connectivity index (χ1v) is 9.12. The molecule has 1 aliphatic heterocycles. The molecule has 1 aliphatic rings. The van der Waals surface area contributed by atoms with E-state index in [4.69, 9.17) is 21.2 Å². The summed E-state index contributed by atoms with van der Waals surface area (Å²) in [6.45, 7) is 2.85. The first kappa shape index (κ1) is 18.8. The van der Waals surface area contributed by atoms with Crippen LogP contribution in [0, 0.1) is 0 Å². The van der Waals surface area contributed by atoms with Gasteiger partial charge in [0.2, 0.25) is 11.7 Å². The molecule has 140 valence electrons. The Hall–Kier alpha value is -1.96. The van der Waals surface area contributed by atoms with Crippen molar-refractivity contribution in [2.24, 2.45) is 0 Å². The minimum Gasteiger partial charge on any atom is -0.480 e. The maximum absolute atomic E-state index is 10.8. The predicted molar refractivity (Wildman–Crippen MR) is 98.2 cm³/mol. The number of carbonyl (C=O) groups is 1. The van der Waals surface area contributed by atoms with Crippen LogP contribution >= 0.6 is 11.6 Å². The average Bonchev–Trinajstić information content (AvgIpc) is 3.09. The minimum absolute atomic E-state index is 0.0962. The molecule has 0 unspecified atom stereocenters. The van der Waals surface area contributed by atoms with E-state index in [0.29, 0.717) is 29.2 Å². The van der Waals surface area contributed by atoms with Gasteiger partial charge < -0.3 is 14.5 Å². The van der Waals surface area contributed by atoms with Crippen molar-refractivity contribution >= 4 is 17.6 Å². The van der Waals surface area contributed by atoms with Crippen LogP contribution in [0.4, 0.5) is 0 Å². The van der Waals surface area contributed by atoms with Crippen molar-refractivity contribution in [1.82, 2.24) is 19.9 Å². The zero-order valence-corrected chi connectivity index (χ0v) is 15.5. The lowest BCUT2D eigenvalue weighted by Crippen LogP contribution is -2.45. The molecular weight excluding hydrogens is 356 g/mol. The van der Waals surface area contributed by atoms with Gasteiger partial charge >= 0.3 is 5.97 Å². The summed E-state index contributed by atoms with van der Waals surface area (Å²) < 4.78 is 5.35. The van der Waals surface area contributed by atoms with Crippen LogP contribution < -0.4 is 0 Å². The monoisotopic (exact) mass is 378 g/mol. The van der Waals surface area contributed by atoms with Crippen LogP contribution in [0.5, 0.6) is 0 Å². The number of aromatic nitrogens is 2. The molecule has 1 N–H and O–H groups in total. The Morgan fingerprint density at radius 2 is 2.19 bits per heavy atom. The number of rotatable bonds is 7. The second-order valence-corrected chi connectivity index (χ2v) is 7.09. The number of hydrogen-bond acceptors (Lipinski definition) is 6. The van der Waals surface area contributed by atoms with E-state index in [1.54, 1.807) is 0 Å². The summed E-state index contributed by atoms with van der Waals surface area (Å²) in [5.41, 5.74) is 0.842. The molecule has 0 amide bonds. The van der Waals surface area contributed by atoms with Gasteiger partial charge in [0.05, 0.1) is 6.54 Å². The van der Waals surface area contributed by atoms with Gasteiger partial charge in [-0.05, 0) is 45.1 Å². The van der Waals surface area contributed by atoms with Crippen molar-refractivity contribution < 1.29 is 14.4 Å². The molecule has 0 aliphatic carbocycles. The summed E-state index contributed by atoms with van der Waals surface area (Å²) >= 11 is 6.00. The van der Waals surface area contributed by atoms with Gasteiger partial charge in [-0.3, -0.25) is 9.69 Å². The van der Waals surface area contributed by atoms with E-state index >= 15 is 0 Å². The maximum Gasteiger partial charge on any atom is 0.317 e. The number of carboxylic acids is 1. The number of likely N-dealkylation sites (N-methyl/N-ethyl adjacent to an activating group) is 1. The number of carboxylic acid groups (broad SMARTS) is 1. The third-order valence-corrected chi connectivity index (χ3v) is 4.99. The molecular formula is C18H23ClN4O3. The first-order chi connectivity index (χ1) is 12.5. The van der Waals surface area contributed by atoms with Gasteiger partial charge in [-0.25, -0.2) is 0 Å². The van der Waals surface area contributed by atoms with Crippen molar-refractivity contribution in [3.05, 3.63) is 35.2 Å². The van der Waals surface area contributed by atoms with Crippen molar-refractivity contribution in [3.8, 4) is 11.4 Å². The normalized spacial score (nSPS) is 16.3.